The highest BCUT2D eigenvalue weighted by atomic mass is 32.2. The van der Waals surface area contributed by atoms with Gasteiger partial charge < -0.3 is 11.2 Å². The molecule has 6 nitrogen and oxygen atoms in total. The summed E-state index contributed by atoms with van der Waals surface area (Å²) in [5, 5.41) is 10.7. The van der Waals surface area contributed by atoms with Crippen molar-refractivity contribution >= 4 is 23.4 Å². The molecule has 3 aromatic rings. The van der Waals surface area contributed by atoms with E-state index in [0.29, 0.717) is 11.0 Å². The molecule has 0 saturated carbocycles. The molecule has 9 heteroatoms. The first-order valence-electron chi connectivity index (χ1n) is 7.60. The lowest BCUT2D eigenvalue weighted by Gasteiger charge is -2.07. The van der Waals surface area contributed by atoms with Crippen molar-refractivity contribution in [2.24, 2.45) is 0 Å². The Hall–Kier alpha value is -2.94. The molecule has 1 heterocycles. The molecule has 2 aromatic carbocycles. The smallest absolute Gasteiger partial charge is 0.234 e. The molecule has 0 atom stereocenters. The number of carbonyl (C=O) groups is 1. The number of hydrogen-bond acceptors (Lipinski definition) is 5. The summed E-state index contributed by atoms with van der Waals surface area (Å²) >= 11 is 1.04. The fraction of sp³-hybridized carbons (Fsp3) is 0.118. The van der Waals surface area contributed by atoms with Gasteiger partial charge in [0.05, 0.1) is 11.4 Å². The van der Waals surface area contributed by atoms with Crippen LogP contribution < -0.4 is 11.2 Å². The molecular formula is C17H15F2N5OS. The Balaban J connectivity index is 1.68. The number of nitrogens with one attached hydrogen (secondary N) is 1. The largest absolute Gasteiger partial charge is 0.335 e. The molecule has 0 bridgehead atoms. The second kappa shape index (κ2) is 7.52. The first-order valence-corrected chi connectivity index (χ1v) is 8.58. The number of nitrogens with zero attached hydrogens (tertiary/aromatic N) is 3. The SMILES string of the molecule is Cc1ccccc1-c1nnc(SCC(=O)Nc2cc(F)ccc2F)n1N. The normalized spacial score (nSPS) is 10.7. The van der Waals surface area contributed by atoms with E-state index in [1.54, 1.807) is 0 Å². The van der Waals surface area contributed by atoms with Gasteiger partial charge in [-0.2, -0.15) is 0 Å². The number of carbonyl (C=O) groups excluding carboxylic acids is 1. The Morgan fingerprint density at radius 3 is 2.77 bits per heavy atom. The zero-order valence-corrected chi connectivity index (χ0v) is 14.6. The summed E-state index contributed by atoms with van der Waals surface area (Å²) < 4.78 is 28.0. The average Bonchev–Trinajstić information content (AvgIpc) is 2.97. The Morgan fingerprint density at radius 2 is 2.00 bits per heavy atom. The number of amides is 1. The van der Waals surface area contributed by atoms with Crippen LogP contribution in [0.3, 0.4) is 0 Å². The summed E-state index contributed by atoms with van der Waals surface area (Å²) in [5.74, 6) is 4.54. The summed E-state index contributed by atoms with van der Waals surface area (Å²) in [6, 6.07) is 10.4. The lowest BCUT2D eigenvalue weighted by Crippen LogP contribution is -2.17. The quantitative estimate of drug-likeness (QED) is 0.529. The van der Waals surface area contributed by atoms with Crippen molar-refractivity contribution in [3.8, 4) is 11.4 Å². The third-order valence-electron chi connectivity index (χ3n) is 3.59. The number of thioether (sulfide) groups is 1. The van der Waals surface area contributed by atoms with E-state index in [1.165, 1.54) is 4.68 Å². The topological polar surface area (TPSA) is 85.8 Å². The van der Waals surface area contributed by atoms with Gasteiger partial charge in [-0.3, -0.25) is 4.79 Å². The fourth-order valence-electron chi connectivity index (χ4n) is 2.29. The van der Waals surface area contributed by atoms with Crippen molar-refractivity contribution in [3.05, 3.63) is 59.7 Å². The number of anilines is 1. The predicted molar refractivity (Wildman–Crippen MR) is 96.1 cm³/mol. The maximum absolute atomic E-state index is 13.6. The van der Waals surface area contributed by atoms with E-state index in [1.807, 2.05) is 31.2 Å². The summed E-state index contributed by atoms with van der Waals surface area (Å²) in [4.78, 5) is 12.0. The lowest BCUT2D eigenvalue weighted by atomic mass is 10.1. The number of rotatable bonds is 5. The maximum Gasteiger partial charge on any atom is 0.234 e. The van der Waals surface area contributed by atoms with Crippen LogP contribution in [0.25, 0.3) is 11.4 Å². The van der Waals surface area contributed by atoms with E-state index in [9.17, 15) is 13.6 Å². The molecule has 0 fully saturated rings. The van der Waals surface area contributed by atoms with Gasteiger partial charge in [-0.1, -0.05) is 36.0 Å². The Kier molecular flexibility index (Phi) is 5.17. The Morgan fingerprint density at radius 1 is 1.23 bits per heavy atom. The molecule has 3 N–H and O–H groups in total. The molecule has 134 valence electrons. The van der Waals surface area contributed by atoms with Crippen LogP contribution in [0, 0.1) is 18.6 Å². The molecule has 3 rings (SSSR count). The predicted octanol–water partition coefficient (Wildman–Crippen LogP) is 2.98. The highest BCUT2D eigenvalue weighted by molar-refractivity contribution is 7.99. The van der Waals surface area contributed by atoms with Crippen LogP contribution >= 0.6 is 11.8 Å². The second-order valence-corrected chi connectivity index (χ2v) is 6.39. The van der Waals surface area contributed by atoms with Crippen molar-refractivity contribution in [1.29, 1.82) is 0 Å². The van der Waals surface area contributed by atoms with Crippen molar-refractivity contribution in [3.63, 3.8) is 0 Å². The van der Waals surface area contributed by atoms with Gasteiger partial charge in [0.15, 0.2) is 5.82 Å². The van der Waals surface area contributed by atoms with E-state index in [4.69, 9.17) is 5.84 Å². The minimum Gasteiger partial charge on any atom is -0.335 e. The van der Waals surface area contributed by atoms with Crippen molar-refractivity contribution in [2.45, 2.75) is 12.1 Å². The zero-order chi connectivity index (χ0) is 18.7. The summed E-state index contributed by atoms with van der Waals surface area (Å²) in [6.45, 7) is 1.93. The summed E-state index contributed by atoms with van der Waals surface area (Å²) in [5.41, 5.74) is 1.61. The van der Waals surface area contributed by atoms with Crippen LogP contribution in [0.2, 0.25) is 0 Å². The number of nitrogens with two attached hydrogens (primary N) is 1. The number of hydrogen-bond donors (Lipinski definition) is 2. The third-order valence-corrected chi connectivity index (χ3v) is 4.53. The Labute approximate surface area is 152 Å². The molecule has 0 radical (unpaired) electrons. The van der Waals surface area contributed by atoms with Crippen LogP contribution in [0.5, 0.6) is 0 Å². The molecule has 0 aliphatic carbocycles. The number of halogens is 2. The first kappa shape index (κ1) is 17.9. The van der Waals surface area contributed by atoms with E-state index >= 15 is 0 Å². The first-order chi connectivity index (χ1) is 12.5. The molecule has 1 aromatic heterocycles. The van der Waals surface area contributed by atoms with E-state index in [0.717, 1.165) is 41.1 Å². The highest BCUT2D eigenvalue weighted by Crippen LogP contribution is 2.24. The van der Waals surface area contributed by atoms with E-state index < -0.39 is 17.5 Å². The lowest BCUT2D eigenvalue weighted by molar-refractivity contribution is -0.113. The van der Waals surface area contributed by atoms with Crippen LogP contribution in [-0.4, -0.2) is 26.5 Å². The van der Waals surface area contributed by atoms with Gasteiger partial charge in [-0.25, -0.2) is 13.5 Å². The molecule has 0 unspecified atom stereocenters. The number of nitrogen functional groups attached to an aromatic ring is 1. The highest BCUT2D eigenvalue weighted by Gasteiger charge is 2.15. The van der Waals surface area contributed by atoms with Gasteiger partial charge in [-0.05, 0) is 24.6 Å². The second-order valence-electron chi connectivity index (χ2n) is 5.45. The monoisotopic (exact) mass is 375 g/mol. The van der Waals surface area contributed by atoms with Crippen molar-refractivity contribution in [2.75, 3.05) is 16.9 Å². The molecular weight excluding hydrogens is 360 g/mol. The maximum atomic E-state index is 13.6. The van der Waals surface area contributed by atoms with Gasteiger partial charge >= 0.3 is 0 Å². The molecule has 26 heavy (non-hydrogen) atoms. The third kappa shape index (κ3) is 3.83. The number of benzene rings is 2. The molecule has 1 amide bonds. The minimum atomic E-state index is -0.714. The average molecular weight is 375 g/mol. The minimum absolute atomic E-state index is 0.0843. The van der Waals surface area contributed by atoms with Gasteiger partial charge in [-0.15, -0.1) is 10.2 Å². The number of aromatic nitrogens is 3. The van der Waals surface area contributed by atoms with Crippen LogP contribution in [0.4, 0.5) is 14.5 Å². The van der Waals surface area contributed by atoms with Crippen LogP contribution in [0.1, 0.15) is 5.56 Å². The number of aryl methyl sites for hydroxylation is 1. The zero-order valence-electron chi connectivity index (χ0n) is 13.7. The van der Waals surface area contributed by atoms with Gasteiger partial charge in [0.25, 0.3) is 0 Å². The van der Waals surface area contributed by atoms with Gasteiger partial charge in [0.1, 0.15) is 11.6 Å². The Bertz CT molecular complexity index is 960. The molecule has 0 saturated heterocycles. The molecule has 0 aliphatic heterocycles. The summed E-state index contributed by atoms with van der Waals surface area (Å²) in [6.07, 6.45) is 0. The van der Waals surface area contributed by atoms with Crippen LogP contribution in [-0.2, 0) is 4.79 Å². The summed E-state index contributed by atoms with van der Waals surface area (Å²) in [7, 11) is 0. The van der Waals surface area contributed by atoms with E-state index in [2.05, 4.69) is 15.5 Å². The van der Waals surface area contributed by atoms with E-state index in [-0.39, 0.29) is 11.4 Å². The van der Waals surface area contributed by atoms with Gasteiger partial charge in [0, 0.05) is 11.6 Å². The molecule has 0 aliphatic rings. The molecule has 0 spiro atoms. The van der Waals surface area contributed by atoms with Crippen molar-refractivity contribution < 1.29 is 13.6 Å². The van der Waals surface area contributed by atoms with Gasteiger partial charge in [0.2, 0.25) is 11.1 Å². The fourth-order valence-corrected chi connectivity index (χ4v) is 2.95. The van der Waals surface area contributed by atoms with Crippen molar-refractivity contribution in [1.82, 2.24) is 14.9 Å². The van der Waals surface area contributed by atoms with Crippen LogP contribution in [0.15, 0.2) is 47.6 Å². The standard InChI is InChI=1S/C17H15F2N5OS/c1-10-4-2-3-5-12(10)16-22-23-17(24(16)20)26-9-15(25)21-14-8-11(18)6-7-13(14)19/h2-8H,9,20H2,1H3,(H,21,25).